The van der Waals surface area contributed by atoms with Gasteiger partial charge in [-0.25, -0.2) is 13.1 Å². The summed E-state index contributed by atoms with van der Waals surface area (Å²) >= 11 is 0. The van der Waals surface area contributed by atoms with E-state index in [1.807, 2.05) is 24.3 Å². The lowest BCUT2D eigenvalue weighted by atomic mass is 9.99. The maximum atomic E-state index is 12.2. The highest BCUT2D eigenvalue weighted by Crippen LogP contribution is 2.18. The monoisotopic (exact) mass is 326 g/mol. The van der Waals surface area contributed by atoms with Crippen molar-refractivity contribution in [1.82, 2.24) is 4.72 Å². The van der Waals surface area contributed by atoms with Crippen LogP contribution < -0.4 is 10.5 Å². The Hall–Kier alpha value is -0.950. The first-order valence-corrected chi connectivity index (χ1v) is 9.36. The molecule has 1 aliphatic heterocycles. The van der Waals surface area contributed by atoms with E-state index in [0.717, 1.165) is 12.0 Å². The molecule has 0 spiro atoms. The lowest BCUT2D eigenvalue weighted by Crippen LogP contribution is -2.42. The van der Waals surface area contributed by atoms with E-state index < -0.39 is 15.3 Å². The molecule has 1 aromatic carbocycles. The Morgan fingerprint density at radius 3 is 2.45 bits per heavy atom. The zero-order valence-corrected chi connectivity index (χ0v) is 14.1. The summed E-state index contributed by atoms with van der Waals surface area (Å²) in [6, 6.07) is 7.68. The number of nitrogens with one attached hydrogen (secondary N) is 1. The van der Waals surface area contributed by atoms with E-state index in [4.69, 9.17) is 10.5 Å². The normalized spacial score (nSPS) is 21.0. The highest BCUT2D eigenvalue weighted by molar-refractivity contribution is 7.90. The van der Waals surface area contributed by atoms with Crippen LogP contribution in [0.4, 0.5) is 0 Å². The molecule has 6 heteroatoms. The van der Waals surface area contributed by atoms with Crippen LogP contribution in [-0.4, -0.2) is 33.4 Å². The fourth-order valence-corrected chi connectivity index (χ4v) is 3.93. The molecule has 5 nitrogen and oxygen atoms in total. The van der Waals surface area contributed by atoms with Gasteiger partial charge in [-0.05, 0) is 29.9 Å². The van der Waals surface area contributed by atoms with Gasteiger partial charge in [0.25, 0.3) is 0 Å². The molecule has 0 bridgehead atoms. The van der Waals surface area contributed by atoms with Crippen LogP contribution in [0.2, 0.25) is 0 Å². The molecular weight excluding hydrogens is 300 g/mol. The highest BCUT2D eigenvalue weighted by atomic mass is 32.2. The Morgan fingerprint density at radius 1 is 1.27 bits per heavy atom. The minimum atomic E-state index is -3.36. The first-order valence-electron chi connectivity index (χ1n) is 7.82. The molecule has 1 aliphatic rings. The molecule has 3 N–H and O–H groups in total. The number of nitrogens with two attached hydrogens (primary N) is 1. The molecule has 2 atom stereocenters. The molecule has 22 heavy (non-hydrogen) atoms. The average molecular weight is 326 g/mol. The third-order valence-electron chi connectivity index (χ3n) is 4.09. The van der Waals surface area contributed by atoms with Crippen LogP contribution >= 0.6 is 0 Å². The van der Waals surface area contributed by atoms with Gasteiger partial charge in [-0.15, -0.1) is 0 Å². The van der Waals surface area contributed by atoms with E-state index >= 15 is 0 Å². The summed E-state index contributed by atoms with van der Waals surface area (Å²) in [7, 11) is -3.36. The van der Waals surface area contributed by atoms with Crippen LogP contribution in [0.25, 0.3) is 0 Å². The van der Waals surface area contributed by atoms with Crippen LogP contribution in [-0.2, 0) is 14.8 Å². The second-order valence-electron chi connectivity index (χ2n) is 6.16. The van der Waals surface area contributed by atoms with Gasteiger partial charge in [0.2, 0.25) is 10.0 Å². The summed E-state index contributed by atoms with van der Waals surface area (Å²) in [5, 5.41) is -0.461. The second kappa shape index (κ2) is 7.55. The van der Waals surface area contributed by atoms with Gasteiger partial charge >= 0.3 is 0 Å². The number of rotatable bonds is 6. The van der Waals surface area contributed by atoms with Gasteiger partial charge in [0.05, 0.1) is 11.9 Å². The van der Waals surface area contributed by atoms with Crippen molar-refractivity contribution in [3.05, 3.63) is 35.4 Å². The van der Waals surface area contributed by atoms with Gasteiger partial charge in [0, 0.05) is 19.2 Å². The summed E-state index contributed by atoms with van der Waals surface area (Å²) < 4.78 is 32.3. The fourth-order valence-electron chi connectivity index (χ4n) is 2.53. The van der Waals surface area contributed by atoms with Crippen molar-refractivity contribution in [2.75, 3.05) is 19.8 Å². The van der Waals surface area contributed by atoms with Crippen LogP contribution in [0.1, 0.15) is 49.8 Å². The van der Waals surface area contributed by atoms with Crippen molar-refractivity contribution >= 4 is 10.0 Å². The number of ether oxygens (including phenoxy) is 1. The Bertz CT molecular complexity index is 564. The number of hydrogen-bond acceptors (Lipinski definition) is 4. The summed E-state index contributed by atoms with van der Waals surface area (Å²) in [5.41, 5.74) is 8.28. The van der Waals surface area contributed by atoms with E-state index in [9.17, 15) is 8.42 Å². The van der Waals surface area contributed by atoms with Crippen molar-refractivity contribution in [1.29, 1.82) is 0 Å². The Balaban J connectivity index is 1.92. The minimum absolute atomic E-state index is 0.208. The summed E-state index contributed by atoms with van der Waals surface area (Å²) in [6.07, 6.45) is 1.43. The first-order chi connectivity index (χ1) is 10.4. The van der Waals surface area contributed by atoms with E-state index in [-0.39, 0.29) is 19.2 Å². The first kappa shape index (κ1) is 17.4. The maximum Gasteiger partial charge on any atom is 0.216 e. The van der Waals surface area contributed by atoms with Crippen LogP contribution in [0.5, 0.6) is 0 Å². The molecule has 0 aliphatic carbocycles. The van der Waals surface area contributed by atoms with Crippen molar-refractivity contribution < 1.29 is 13.2 Å². The largest absolute Gasteiger partial charge is 0.380 e. The molecule has 0 saturated carbocycles. The molecule has 0 radical (unpaired) electrons. The standard InChI is InChI=1S/C16H26N2O3S/c1-12(2)13-5-7-14(8-6-13)16(17)10-18-22(19,20)15-4-3-9-21-11-15/h5-8,12,15-16,18H,3-4,9-11,17H2,1-2H3. The molecular formula is C16H26N2O3S. The summed E-state index contributed by atoms with van der Waals surface area (Å²) in [6.45, 7) is 5.39. The Labute approximate surface area is 133 Å². The third-order valence-corrected chi connectivity index (χ3v) is 5.91. The zero-order valence-electron chi connectivity index (χ0n) is 13.3. The number of sulfonamides is 1. The molecule has 1 saturated heterocycles. The minimum Gasteiger partial charge on any atom is -0.380 e. The smallest absolute Gasteiger partial charge is 0.216 e. The zero-order chi connectivity index (χ0) is 16.2. The lowest BCUT2D eigenvalue weighted by molar-refractivity contribution is 0.0988. The Kier molecular flexibility index (Phi) is 5.97. The lowest BCUT2D eigenvalue weighted by Gasteiger charge is -2.23. The average Bonchev–Trinajstić information content (AvgIpc) is 2.53. The third kappa shape index (κ3) is 4.52. The highest BCUT2D eigenvalue weighted by Gasteiger charge is 2.28. The quantitative estimate of drug-likeness (QED) is 0.836. The molecule has 1 heterocycles. The van der Waals surface area contributed by atoms with Crippen molar-refractivity contribution in [2.45, 2.75) is 43.9 Å². The van der Waals surface area contributed by atoms with Crippen molar-refractivity contribution in [3.63, 3.8) is 0 Å². The maximum absolute atomic E-state index is 12.2. The number of benzene rings is 1. The van der Waals surface area contributed by atoms with Crippen LogP contribution in [0.3, 0.4) is 0 Å². The van der Waals surface area contributed by atoms with Crippen LogP contribution in [0, 0.1) is 0 Å². The molecule has 2 unspecified atom stereocenters. The van der Waals surface area contributed by atoms with E-state index in [1.54, 1.807) is 0 Å². The van der Waals surface area contributed by atoms with Gasteiger partial charge in [-0.2, -0.15) is 0 Å². The second-order valence-corrected chi connectivity index (χ2v) is 8.21. The number of hydrogen-bond donors (Lipinski definition) is 2. The summed E-state index contributed by atoms with van der Waals surface area (Å²) in [4.78, 5) is 0. The molecule has 2 rings (SSSR count). The topological polar surface area (TPSA) is 81.4 Å². The van der Waals surface area contributed by atoms with E-state index in [0.29, 0.717) is 18.9 Å². The van der Waals surface area contributed by atoms with E-state index in [1.165, 1.54) is 5.56 Å². The molecule has 0 aromatic heterocycles. The molecule has 0 amide bonds. The van der Waals surface area contributed by atoms with Gasteiger partial charge in [-0.1, -0.05) is 38.1 Å². The van der Waals surface area contributed by atoms with Crippen molar-refractivity contribution in [3.8, 4) is 0 Å². The van der Waals surface area contributed by atoms with Gasteiger partial charge < -0.3 is 10.5 Å². The van der Waals surface area contributed by atoms with Gasteiger partial charge in [-0.3, -0.25) is 0 Å². The molecule has 1 aromatic rings. The SMILES string of the molecule is CC(C)c1ccc(C(N)CNS(=O)(=O)C2CCCOC2)cc1. The summed E-state index contributed by atoms with van der Waals surface area (Å²) in [5.74, 6) is 0.468. The molecule has 1 fully saturated rings. The van der Waals surface area contributed by atoms with Crippen molar-refractivity contribution in [2.24, 2.45) is 5.73 Å². The Morgan fingerprint density at radius 2 is 1.91 bits per heavy atom. The molecule has 124 valence electrons. The predicted octanol–water partition coefficient (Wildman–Crippen LogP) is 1.91. The van der Waals surface area contributed by atoms with Gasteiger partial charge in [0.1, 0.15) is 0 Å². The van der Waals surface area contributed by atoms with E-state index in [2.05, 4.69) is 18.6 Å². The predicted molar refractivity (Wildman–Crippen MR) is 88.2 cm³/mol. The van der Waals surface area contributed by atoms with Crippen LogP contribution in [0.15, 0.2) is 24.3 Å². The fraction of sp³-hybridized carbons (Fsp3) is 0.625. The van der Waals surface area contributed by atoms with Gasteiger partial charge in [0.15, 0.2) is 0 Å².